The van der Waals surface area contributed by atoms with Crippen molar-refractivity contribution in [2.45, 2.75) is 12.6 Å². The summed E-state index contributed by atoms with van der Waals surface area (Å²) in [5.41, 5.74) is 4.33. The maximum atomic E-state index is 13.1. The molecule has 0 saturated heterocycles. The van der Waals surface area contributed by atoms with Gasteiger partial charge < -0.3 is 4.90 Å². The van der Waals surface area contributed by atoms with E-state index >= 15 is 0 Å². The molecule has 0 N–H and O–H groups in total. The van der Waals surface area contributed by atoms with E-state index in [-0.39, 0.29) is 11.9 Å². The third kappa shape index (κ3) is 5.13. The second-order valence-corrected chi connectivity index (χ2v) is 8.02. The van der Waals surface area contributed by atoms with Crippen LogP contribution in [-0.2, 0) is 11.3 Å². The van der Waals surface area contributed by atoms with Crippen molar-refractivity contribution in [2.75, 3.05) is 20.6 Å². The fourth-order valence-corrected chi connectivity index (χ4v) is 3.92. The molecule has 0 aliphatic heterocycles. The van der Waals surface area contributed by atoms with Gasteiger partial charge in [0.2, 0.25) is 5.91 Å². The molecule has 0 aliphatic carbocycles. The summed E-state index contributed by atoms with van der Waals surface area (Å²) in [6.45, 7) is 0.832. The highest BCUT2D eigenvalue weighted by atomic mass is 16.2. The predicted molar refractivity (Wildman–Crippen MR) is 127 cm³/mol. The molecule has 0 spiro atoms. The first kappa shape index (κ1) is 21.5. The average molecular weight is 425 g/mol. The van der Waals surface area contributed by atoms with Crippen LogP contribution in [0.3, 0.4) is 0 Å². The summed E-state index contributed by atoms with van der Waals surface area (Å²) in [7, 11) is 3.85. The normalized spacial score (nSPS) is 11.1. The zero-order valence-corrected chi connectivity index (χ0v) is 18.5. The Labute approximate surface area is 189 Å². The number of rotatable bonds is 8. The number of carbonyl (C=O) groups excluding carboxylic acids is 1. The minimum atomic E-state index is 0.00980. The first-order valence-electron chi connectivity index (χ1n) is 10.7. The van der Waals surface area contributed by atoms with E-state index in [4.69, 9.17) is 0 Å². The van der Waals surface area contributed by atoms with Crippen LogP contribution in [0, 0.1) is 0 Å². The Hall–Kier alpha value is -3.70. The molecule has 1 aromatic heterocycles. The molecule has 4 aromatic rings. The number of nitrogens with zero attached hydrogens (tertiary/aromatic N) is 4. The van der Waals surface area contributed by atoms with Crippen molar-refractivity contribution in [2.24, 2.45) is 0 Å². The molecule has 162 valence electrons. The van der Waals surface area contributed by atoms with Crippen molar-refractivity contribution >= 4 is 5.91 Å². The molecule has 3 aromatic carbocycles. The van der Waals surface area contributed by atoms with Crippen molar-refractivity contribution in [3.05, 3.63) is 120 Å². The first-order chi connectivity index (χ1) is 15.6. The van der Waals surface area contributed by atoms with E-state index in [1.54, 1.807) is 4.90 Å². The smallest absolute Gasteiger partial charge is 0.236 e. The lowest BCUT2D eigenvalue weighted by molar-refractivity contribution is -0.131. The van der Waals surface area contributed by atoms with E-state index in [2.05, 4.69) is 34.3 Å². The SMILES string of the molecule is CN(Cc1cnn(-c2ccccc2)c1)C(=O)CN(C)C(c1ccccc1)c1ccccc1. The van der Waals surface area contributed by atoms with Gasteiger partial charge in [0.25, 0.3) is 0 Å². The van der Waals surface area contributed by atoms with E-state index in [9.17, 15) is 4.79 Å². The molecule has 0 aliphatic rings. The minimum Gasteiger partial charge on any atom is -0.340 e. The first-order valence-corrected chi connectivity index (χ1v) is 10.7. The molecule has 4 rings (SSSR count). The summed E-state index contributed by atoms with van der Waals surface area (Å²) in [6, 6.07) is 30.6. The molecule has 32 heavy (non-hydrogen) atoms. The van der Waals surface area contributed by atoms with Gasteiger partial charge in [-0.05, 0) is 30.3 Å². The zero-order chi connectivity index (χ0) is 22.3. The highest BCUT2D eigenvalue weighted by molar-refractivity contribution is 5.78. The summed E-state index contributed by atoms with van der Waals surface area (Å²) in [5, 5.41) is 4.44. The lowest BCUT2D eigenvalue weighted by Crippen LogP contribution is -2.38. The Morgan fingerprint density at radius 2 is 1.38 bits per heavy atom. The van der Waals surface area contributed by atoms with Gasteiger partial charge in [0.05, 0.1) is 24.5 Å². The van der Waals surface area contributed by atoms with Crippen molar-refractivity contribution in [1.82, 2.24) is 19.6 Å². The molecule has 0 unspecified atom stereocenters. The lowest BCUT2D eigenvalue weighted by Gasteiger charge is -2.30. The second kappa shape index (κ2) is 10.1. The highest BCUT2D eigenvalue weighted by Crippen LogP contribution is 2.27. The zero-order valence-electron chi connectivity index (χ0n) is 18.5. The van der Waals surface area contributed by atoms with Crippen LogP contribution in [0.5, 0.6) is 0 Å². The number of carbonyl (C=O) groups is 1. The number of benzene rings is 3. The van der Waals surface area contributed by atoms with E-state index in [1.165, 1.54) is 11.1 Å². The van der Waals surface area contributed by atoms with Crippen LogP contribution >= 0.6 is 0 Å². The van der Waals surface area contributed by atoms with Crippen molar-refractivity contribution in [3.63, 3.8) is 0 Å². The van der Waals surface area contributed by atoms with Crippen LogP contribution in [0.4, 0.5) is 0 Å². The minimum absolute atomic E-state index is 0.00980. The lowest BCUT2D eigenvalue weighted by atomic mass is 9.97. The van der Waals surface area contributed by atoms with Crippen LogP contribution in [0.25, 0.3) is 5.69 Å². The van der Waals surface area contributed by atoms with Crippen molar-refractivity contribution < 1.29 is 4.79 Å². The molecule has 1 amide bonds. The third-order valence-electron chi connectivity index (χ3n) is 5.56. The monoisotopic (exact) mass is 424 g/mol. The van der Waals surface area contributed by atoms with Gasteiger partial charge in [-0.3, -0.25) is 9.69 Å². The van der Waals surface area contributed by atoms with E-state index in [0.717, 1.165) is 11.3 Å². The predicted octanol–water partition coefficient (Wildman–Crippen LogP) is 4.55. The van der Waals surface area contributed by atoms with Gasteiger partial charge in [0.15, 0.2) is 0 Å². The van der Waals surface area contributed by atoms with E-state index in [1.807, 2.05) is 97.9 Å². The summed E-state index contributed by atoms with van der Waals surface area (Å²) in [4.78, 5) is 16.9. The third-order valence-corrected chi connectivity index (χ3v) is 5.56. The standard InChI is InChI=1S/C27H28N4O/c1-29(19-22-18-28-31(20-22)25-16-10-5-11-17-25)26(32)21-30(2)27(23-12-6-3-7-13-23)24-14-8-4-9-15-24/h3-18,20,27H,19,21H2,1-2H3. The fourth-order valence-electron chi connectivity index (χ4n) is 3.92. The number of hydrogen-bond donors (Lipinski definition) is 0. The van der Waals surface area contributed by atoms with Crippen LogP contribution < -0.4 is 0 Å². The molecule has 0 atom stereocenters. The summed E-state index contributed by atoms with van der Waals surface area (Å²) < 4.78 is 1.83. The van der Waals surface area contributed by atoms with Gasteiger partial charge >= 0.3 is 0 Å². The van der Waals surface area contributed by atoms with Gasteiger partial charge in [-0.15, -0.1) is 0 Å². The number of hydrogen-bond acceptors (Lipinski definition) is 3. The Morgan fingerprint density at radius 1 is 0.844 bits per heavy atom. The molecule has 0 radical (unpaired) electrons. The Bertz CT molecular complexity index is 1090. The summed E-state index contributed by atoms with van der Waals surface area (Å²) in [5.74, 6) is 0.0665. The molecule has 5 heteroatoms. The van der Waals surface area contributed by atoms with Crippen LogP contribution in [0.1, 0.15) is 22.7 Å². The van der Waals surface area contributed by atoms with Gasteiger partial charge in [-0.25, -0.2) is 4.68 Å². The maximum absolute atomic E-state index is 13.1. The molecule has 0 bridgehead atoms. The van der Waals surface area contributed by atoms with Gasteiger partial charge in [-0.2, -0.15) is 5.10 Å². The summed E-state index contributed by atoms with van der Waals surface area (Å²) in [6.07, 6.45) is 3.79. The largest absolute Gasteiger partial charge is 0.340 e. The number of aromatic nitrogens is 2. The van der Waals surface area contributed by atoms with Gasteiger partial charge in [0, 0.05) is 25.4 Å². The Balaban J connectivity index is 1.44. The van der Waals surface area contributed by atoms with Crippen LogP contribution in [0.15, 0.2) is 103 Å². The molecular formula is C27H28N4O. The summed E-state index contributed by atoms with van der Waals surface area (Å²) >= 11 is 0. The van der Waals surface area contributed by atoms with Crippen LogP contribution in [-0.4, -0.2) is 46.1 Å². The average Bonchev–Trinajstić information content (AvgIpc) is 3.29. The molecule has 1 heterocycles. The Kier molecular flexibility index (Phi) is 6.78. The number of amides is 1. The topological polar surface area (TPSA) is 41.4 Å². The second-order valence-electron chi connectivity index (χ2n) is 8.02. The molecule has 0 fully saturated rings. The van der Waals surface area contributed by atoms with Crippen molar-refractivity contribution in [1.29, 1.82) is 0 Å². The Morgan fingerprint density at radius 3 is 1.94 bits per heavy atom. The van der Waals surface area contributed by atoms with Gasteiger partial charge in [0.1, 0.15) is 0 Å². The highest BCUT2D eigenvalue weighted by Gasteiger charge is 2.22. The van der Waals surface area contributed by atoms with Gasteiger partial charge in [-0.1, -0.05) is 78.9 Å². The maximum Gasteiger partial charge on any atom is 0.236 e. The molecule has 0 saturated carbocycles. The van der Waals surface area contributed by atoms with Crippen LogP contribution in [0.2, 0.25) is 0 Å². The number of para-hydroxylation sites is 1. The molecular weight excluding hydrogens is 396 g/mol. The van der Waals surface area contributed by atoms with E-state index in [0.29, 0.717) is 13.1 Å². The quantitative estimate of drug-likeness (QED) is 0.417. The fraction of sp³-hybridized carbons (Fsp3) is 0.185. The number of likely N-dealkylation sites (N-methyl/N-ethyl adjacent to an activating group) is 2. The van der Waals surface area contributed by atoms with E-state index < -0.39 is 0 Å². The molecule has 5 nitrogen and oxygen atoms in total. The van der Waals surface area contributed by atoms with Crippen molar-refractivity contribution in [3.8, 4) is 5.69 Å².